The molecule has 0 saturated heterocycles. The van der Waals surface area contributed by atoms with Crippen LogP contribution in [0.4, 0.5) is 0 Å². The van der Waals surface area contributed by atoms with E-state index in [1.807, 2.05) is 6.92 Å². The van der Waals surface area contributed by atoms with Crippen molar-refractivity contribution in [3.63, 3.8) is 0 Å². The number of hydrogen-bond donors (Lipinski definition) is 2. The van der Waals surface area contributed by atoms with Gasteiger partial charge in [-0.15, -0.1) is 11.3 Å². The van der Waals surface area contributed by atoms with Crippen LogP contribution >= 0.6 is 39.0 Å². The first-order valence-electron chi connectivity index (χ1n) is 6.88. The van der Waals surface area contributed by atoms with Gasteiger partial charge in [0.2, 0.25) is 10.0 Å². The van der Waals surface area contributed by atoms with Crippen molar-refractivity contribution in [2.45, 2.75) is 51.2 Å². The molecule has 0 aliphatic rings. The van der Waals surface area contributed by atoms with Crippen molar-refractivity contribution in [1.82, 2.24) is 10.0 Å². The molecule has 122 valence electrons. The highest BCUT2D eigenvalue weighted by atomic mass is 79.9. The zero-order chi connectivity index (χ0) is 16.0. The summed E-state index contributed by atoms with van der Waals surface area (Å²) in [6.07, 6.45) is 0. The number of thiophene rings is 1. The fraction of sp³-hybridized carbons (Fsp3) is 0.692. The monoisotopic (exact) mass is 414 g/mol. The smallest absolute Gasteiger partial charge is 0.242 e. The summed E-state index contributed by atoms with van der Waals surface area (Å²) >= 11 is 6.55. The molecule has 0 radical (unpaired) electrons. The highest BCUT2D eigenvalue weighted by molar-refractivity contribution is 9.11. The van der Waals surface area contributed by atoms with Crippen molar-refractivity contribution in [3.05, 3.63) is 14.7 Å². The topological polar surface area (TPSA) is 58.2 Å². The second kappa shape index (κ2) is 8.88. The molecular weight excluding hydrogens is 392 g/mol. The molecule has 4 nitrogen and oxygen atoms in total. The maximum absolute atomic E-state index is 12.4. The summed E-state index contributed by atoms with van der Waals surface area (Å²) in [4.78, 5) is 1.34. The van der Waals surface area contributed by atoms with Crippen molar-refractivity contribution in [2.24, 2.45) is 0 Å². The van der Waals surface area contributed by atoms with E-state index in [1.165, 1.54) is 11.3 Å². The summed E-state index contributed by atoms with van der Waals surface area (Å²) in [5, 5.41) is 3.29. The number of hydrogen-bond acceptors (Lipinski definition) is 5. The Bertz CT molecular complexity index is 544. The first-order chi connectivity index (χ1) is 9.76. The molecule has 1 rings (SSSR count). The Balaban J connectivity index is 2.78. The summed E-state index contributed by atoms with van der Waals surface area (Å²) < 4.78 is 28.2. The van der Waals surface area contributed by atoms with E-state index >= 15 is 0 Å². The lowest BCUT2D eigenvalue weighted by atomic mass is 10.4. The predicted octanol–water partition coefficient (Wildman–Crippen LogP) is 3.43. The van der Waals surface area contributed by atoms with E-state index < -0.39 is 10.0 Å². The number of thioether (sulfide) groups is 1. The maximum atomic E-state index is 12.4. The largest absolute Gasteiger partial charge is 0.310 e. The predicted molar refractivity (Wildman–Crippen MR) is 96.8 cm³/mol. The number of rotatable bonds is 9. The third-order valence-corrected chi connectivity index (χ3v) is 7.59. The zero-order valence-corrected chi connectivity index (χ0v) is 16.8. The Kier molecular flexibility index (Phi) is 8.23. The molecule has 0 saturated carbocycles. The molecule has 8 heteroatoms. The molecule has 21 heavy (non-hydrogen) atoms. The van der Waals surface area contributed by atoms with Crippen molar-refractivity contribution < 1.29 is 8.42 Å². The summed E-state index contributed by atoms with van der Waals surface area (Å²) in [6, 6.07) is 2.03. The minimum atomic E-state index is -3.47. The van der Waals surface area contributed by atoms with Gasteiger partial charge in [-0.25, -0.2) is 13.1 Å². The standard InChI is InChI=1S/C13H23BrN2O2S3/c1-5-19-8-10(4)16-21(17,18)12-6-11(20-13(12)14)7-15-9(2)3/h6,9-10,15-16H,5,7-8H2,1-4H3. The van der Waals surface area contributed by atoms with E-state index in [9.17, 15) is 8.42 Å². The van der Waals surface area contributed by atoms with Crippen LogP contribution in [0.3, 0.4) is 0 Å². The second-order valence-electron chi connectivity index (χ2n) is 5.07. The third-order valence-electron chi connectivity index (χ3n) is 2.61. The molecule has 1 atom stereocenters. The third kappa shape index (κ3) is 6.58. The summed E-state index contributed by atoms with van der Waals surface area (Å²) in [7, 11) is -3.47. The van der Waals surface area contributed by atoms with Gasteiger partial charge in [0.15, 0.2) is 0 Å². The van der Waals surface area contributed by atoms with Crippen LogP contribution in [0, 0.1) is 0 Å². The van der Waals surface area contributed by atoms with Crippen LogP contribution in [0.1, 0.15) is 32.6 Å². The summed E-state index contributed by atoms with van der Waals surface area (Å²) in [6.45, 7) is 8.76. The van der Waals surface area contributed by atoms with Crippen LogP contribution < -0.4 is 10.0 Å². The van der Waals surface area contributed by atoms with Crippen LogP contribution in [0.2, 0.25) is 0 Å². The van der Waals surface area contributed by atoms with Crippen LogP contribution in [0.5, 0.6) is 0 Å². The number of sulfonamides is 1. The SMILES string of the molecule is CCSCC(C)NS(=O)(=O)c1cc(CNC(C)C)sc1Br. The highest BCUT2D eigenvalue weighted by Gasteiger charge is 2.22. The number of halogens is 1. The minimum absolute atomic E-state index is 0.0796. The molecule has 2 N–H and O–H groups in total. The van der Waals surface area contributed by atoms with E-state index in [0.29, 0.717) is 21.3 Å². The summed E-state index contributed by atoms with van der Waals surface area (Å²) in [5.41, 5.74) is 0. The molecule has 1 unspecified atom stereocenters. The zero-order valence-electron chi connectivity index (χ0n) is 12.8. The lowest BCUT2D eigenvalue weighted by Crippen LogP contribution is -2.34. The fourth-order valence-corrected chi connectivity index (χ4v) is 6.28. The molecule has 0 bridgehead atoms. The molecule has 0 fully saturated rings. The van der Waals surface area contributed by atoms with Crippen molar-refractivity contribution in [2.75, 3.05) is 11.5 Å². The Morgan fingerprint density at radius 3 is 2.62 bits per heavy atom. The molecule has 1 heterocycles. The van der Waals surface area contributed by atoms with E-state index in [1.54, 1.807) is 17.8 Å². The van der Waals surface area contributed by atoms with Gasteiger partial charge < -0.3 is 5.32 Å². The molecule has 1 aromatic rings. The Labute approximate surface area is 144 Å². The first kappa shape index (κ1) is 19.4. The van der Waals surface area contributed by atoms with Gasteiger partial charge >= 0.3 is 0 Å². The van der Waals surface area contributed by atoms with Crippen LogP contribution in [-0.2, 0) is 16.6 Å². The molecule has 0 aromatic carbocycles. The van der Waals surface area contributed by atoms with Gasteiger partial charge in [0.05, 0.1) is 3.79 Å². The van der Waals surface area contributed by atoms with Crippen molar-refractivity contribution >= 4 is 49.1 Å². The van der Waals surface area contributed by atoms with Gasteiger partial charge in [-0.1, -0.05) is 20.8 Å². The quantitative estimate of drug-likeness (QED) is 0.649. The average Bonchev–Trinajstić information content (AvgIpc) is 2.75. The van der Waals surface area contributed by atoms with E-state index in [4.69, 9.17) is 0 Å². The second-order valence-corrected chi connectivity index (χ2v) is 10.5. The van der Waals surface area contributed by atoms with E-state index in [0.717, 1.165) is 16.4 Å². The van der Waals surface area contributed by atoms with Gasteiger partial charge in [0.25, 0.3) is 0 Å². The first-order valence-corrected chi connectivity index (χ1v) is 11.1. The molecule has 1 aromatic heterocycles. The normalized spacial score (nSPS) is 13.8. The van der Waals surface area contributed by atoms with Gasteiger partial charge in [-0.05, 0) is 34.7 Å². The van der Waals surface area contributed by atoms with Crippen LogP contribution in [-0.4, -0.2) is 32.0 Å². The fourth-order valence-electron chi connectivity index (χ4n) is 1.63. The van der Waals surface area contributed by atoms with E-state index in [2.05, 4.69) is 46.7 Å². The molecule has 0 aliphatic heterocycles. The minimum Gasteiger partial charge on any atom is -0.310 e. The summed E-state index contributed by atoms with van der Waals surface area (Å²) in [5.74, 6) is 1.76. The lowest BCUT2D eigenvalue weighted by Gasteiger charge is -2.13. The van der Waals surface area contributed by atoms with Gasteiger partial charge in [-0.3, -0.25) is 0 Å². The molecule has 0 spiro atoms. The Hall–Kier alpha value is 0.400. The van der Waals surface area contributed by atoms with E-state index in [-0.39, 0.29) is 6.04 Å². The molecule has 0 amide bonds. The van der Waals surface area contributed by atoms with Crippen LogP contribution in [0.25, 0.3) is 0 Å². The van der Waals surface area contributed by atoms with Gasteiger partial charge in [-0.2, -0.15) is 11.8 Å². The maximum Gasteiger partial charge on any atom is 0.242 e. The van der Waals surface area contributed by atoms with Gasteiger partial charge in [0.1, 0.15) is 4.90 Å². The molecule has 0 aliphatic carbocycles. The molecular formula is C13H23BrN2O2S3. The highest BCUT2D eigenvalue weighted by Crippen LogP contribution is 2.31. The van der Waals surface area contributed by atoms with Gasteiger partial charge in [0, 0.05) is 29.3 Å². The lowest BCUT2D eigenvalue weighted by molar-refractivity contribution is 0.570. The average molecular weight is 415 g/mol. The Morgan fingerprint density at radius 2 is 2.05 bits per heavy atom. The Morgan fingerprint density at radius 1 is 1.38 bits per heavy atom. The van der Waals surface area contributed by atoms with Crippen molar-refractivity contribution in [1.29, 1.82) is 0 Å². The number of nitrogens with one attached hydrogen (secondary N) is 2. The van der Waals surface area contributed by atoms with Crippen LogP contribution in [0.15, 0.2) is 14.7 Å². The van der Waals surface area contributed by atoms with Crippen molar-refractivity contribution in [3.8, 4) is 0 Å².